The van der Waals surface area contributed by atoms with Gasteiger partial charge in [0.25, 0.3) is 5.91 Å². The highest BCUT2D eigenvalue weighted by Crippen LogP contribution is 2.07. The maximum atomic E-state index is 11.5. The standard InChI is InChI=1S/C12H14N2O5/c13-10(15)6-9(12(17)18)14-11(16)7-19-8-4-2-1-3-5-8/h1-5,9H,6-7H2,(H2,13,15)(H,14,16)(H,17,18)/t9-/m0/s1. The van der Waals surface area contributed by atoms with Gasteiger partial charge in [-0.2, -0.15) is 0 Å². The van der Waals surface area contributed by atoms with E-state index in [1.54, 1.807) is 30.3 Å². The van der Waals surface area contributed by atoms with Crippen LogP contribution in [-0.4, -0.2) is 35.5 Å². The molecule has 4 N–H and O–H groups in total. The fourth-order valence-corrected chi connectivity index (χ4v) is 1.30. The lowest BCUT2D eigenvalue weighted by Crippen LogP contribution is -2.45. The highest BCUT2D eigenvalue weighted by Gasteiger charge is 2.22. The molecule has 0 spiro atoms. The molecule has 0 heterocycles. The van der Waals surface area contributed by atoms with Gasteiger partial charge in [0, 0.05) is 0 Å². The number of carbonyl (C=O) groups excluding carboxylic acids is 2. The molecular formula is C12H14N2O5. The largest absolute Gasteiger partial charge is 0.484 e. The van der Waals surface area contributed by atoms with Gasteiger partial charge in [-0.1, -0.05) is 18.2 Å². The van der Waals surface area contributed by atoms with Crippen molar-refractivity contribution < 1.29 is 24.2 Å². The molecule has 0 saturated heterocycles. The number of para-hydroxylation sites is 1. The number of hydrogen-bond acceptors (Lipinski definition) is 4. The third kappa shape index (κ3) is 5.53. The number of hydrogen-bond donors (Lipinski definition) is 3. The van der Waals surface area contributed by atoms with Crippen LogP contribution in [0, 0.1) is 0 Å². The first-order valence-electron chi connectivity index (χ1n) is 5.47. The SMILES string of the molecule is NC(=O)C[C@H](NC(=O)COc1ccccc1)C(=O)O. The molecule has 19 heavy (non-hydrogen) atoms. The van der Waals surface area contributed by atoms with Gasteiger partial charge in [0.15, 0.2) is 6.61 Å². The number of carbonyl (C=O) groups is 3. The Bertz CT molecular complexity index is 460. The summed E-state index contributed by atoms with van der Waals surface area (Å²) >= 11 is 0. The normalized spacial score (nSPS) is 11.4. The number of nitrogens with one attached hydrogen (secondary N) is 1. The first-order valence-corrected chi connectivity index (χ1v) is 5.47. The van der Waals surface area contributed by atoms with Crippen molar-refractivity contribution in [2.75, 3.05) is 6.61 Å². The summed E-state index contributed by atoms with van der Waals surface area (Å²) in [5.41, 5.74) is 4.89. The van der Waals surface area contributed by atoms with Crippen LogP contribution in [-0.2, 0) is 14.4 Å². The highest BCUT2D eigenvalue weighted by molar-refractivity contribution is 5.88. The molecule has 0 bridgehead atoms. The summed E-state index contributed by atoms with van der Waals surface area (Å²) in [5, 5.41) is 10.9. The quantitative estimate of drug-likeness (QED) is 0.615. The van der Waals surface area contributed by atoms with Crippen molar-refractivity contribution in [3.05, 3.63) is 30.3 Å². The fourth-order valence-electron chi connectivity index (χ4n) is 1.30. The summed E-state index contributed by atoms with van der Waals surface area (Å²) in [4.78, 5) is 32.9. The fraction of sp³-hybridized carbons (Fsp3) is 0.250. The minimum Gasteiger partial charge on any atom is -0.484 e. The van der Waals surface area contributed by atoms with Crippen LogP contribution in [0.15, 0.2) is 30.3 Å². The van der Waals surface area contributed by atoms with Crippen molar-refractivity contribution in [2.24, 2.45) is 5.73 Å². The number of benzene rings is 1. The van der Waals surface area contributed by atoms with E-state index >= 15 is 0 Å². The molecule has 0 aliphatic heterocycles. The number of amides is 2. The molecule has 0 radical (unpaired) electrons. The van der Waals surface area contributed by atoms with Crippen molar-refractivity contribution in [3.8, 4) is 5.75 Å². The number of carboxylic acids is 1. The zero-order valence-electron chi connectivity index (χ0n) is 10.0. The van der Waals surface area contributed by atoms with E-state index in [4.69, 9.17) is 15.6 Å². The molecule has 102 valence electrons. The second kappa shape index (κ2) is 7.00. The topological polar surface area (TPSA) is 119 Å². The Kier molecular flexibility index (Phi) is 5.34. The Hall–Kier alpha value is -2.57. The number of nitrogens with two attached hydrogens (primary N) is 1. The molecule has 0 saturated carbocycles. The summed E-state index contributed by atoms with van der Waals surface area (Å²) < 4.78 is 5.13. The molecule has 7 heteroatoms. The van der Waals surface area contributed by atoms with E-state index in [0.29, 0.717) is 5.75 Å². The van der Waals surface area contributed by atoms with Crippen LogP contribution in [0.5, 0.6) is 5.75 Å². The summed E-state index contributed by atoms with van der Waals surface area (Å²) in [7, 11) is 0. The van der Waals surface area contributed by atoms with Crippen molar-refractivity contribution in [1.29, 1.82) is 0 Å². The maximum Gasteiger partial charge on any atom is 0.326 e. The monoisotopic (exact) mass is 266 g/mol. The van der Waals surface area contributed by atoms with Crippen LogP contribution in [0.1, 0.15) is 6.42 Å². The lowest BCUT2D eigenvalue weighted by atomic mass is 10.2. The van der Waals surface area contributed by atoms with Crippen molar-refractivity contribution >= 4 is 17.8 Å². The van der Waals surface area contributed by atoms with Crippen LogP contribution < -0.4 is 15.8 Å². The molecular weight excluding hydrogens is 252 g/mol. The van der Waals surface area contributed by atoms with Crippen molar-refractivity contribution in [3.63, 3.8) is 0 Å². The van der Waals surface area contributed by atoms with Gasteiger partial charge in [0.2, 0.25) is 5.91 Å². The highest BCUT2D eigenvalue weighted by atomic mass is 16.5. The number of primary amides is 1. The second-order valence-corrected chi connectivity index (χ2v) is 3.73. The van der Waals surface area contributed by atoms with Gasteiger partial charge in [-0.25, -0.2) is 4.79 Å². The third-order valence-corrected chi connectivity index (χ3v) is 2.15. The maximum absolute atomic E-state index is 11.5. The zero-order valence-corrected chi connectivity index (χ0v) is 10.0. The molecule has 0 aromatic heterocycles. The van der Waals surface area contributed by atoms with Crippen LogP contribution in [0.2, 0.25) is 0 Å². The minimum absolute atomic E-state index is 0.341. The Morgan fingerprint density at radius 1 is 1.26 bits per heavy atom. The molecule has 0 aliphatic carbocycles. The summed E-state index contributed by atoms with van der Waals surface area (Å²) in [6, 6.07) is 7.24. The zero-order chi connectivity index (χ0) is 14.3. The van der Waals surface area contributed by atoms with Gasteiger partial charge in [0.1, 0.15) is 11.8 Å². The molecule has 0 fully saturated rings. The molecule has 1 rings (SSSR count). The minimum atomic E-state index is -1.34. The molecule has 7 nitrogen and oxygen atoms in total. The molecule has 0 unspecified atom stereocenters. The Morgan fingerprint density at radius 2 is 1.89 bits per heavy atom. The Balaban J connectivity index is 2.45. The predicted molar refractivity (Wildman–Crippen MR) is 65.3 cm³/mol. The summed E-state index contributed by atoms with van der Waals surface area (Å²) in [5.74, 6) is -2.29. The van der Waals surface area contributed by atoms with Gasteiger partial charge in [-0.05, 0) is 12.1 Å². The van der Waals surface area contributed by atoms with Gasteiger partial charge >= 0.3 is 5.97 Å². The number of carboxylic acid groups (broad SMARTS) is 1. The third-order valence-electron chi connectivity index (χ3n) is 2.15. The van der Waals surface area contributed by atoms with Crippen LogP contribution in [0.3, 0.4) is 0 Å². The van der Waals surface area contributed by atoms with E-state index < -0.39 is 30.2 Å². The molecule has 0 aliphatic rings. The van der Waals surface area contributed by atoms with E-state index in [1.165, 1.54) is 0 Å². The van der Waals surface area contributed by atoms with E-state index in [9.17, 15) is 14.4 Å². The summed E-state index contributed by atoms with van der Waals surface area (Å²) in [6.45, 7) is -0.341. The van der Waals surface area contributed by atoms with Gasteiger partial charge in [-0.15, -0.1) is 0 Å². The van der Waals surface area contributed by atoms with Gasteiger partial charge < -0.3 is 20.9 Å². The molecule has 2 amide bonds. The first-order chi connectivity index (χ1) is 8.99. The average molecular weight is 266 g/mol. The lowest BCUT2D eigenvalue weighted by molar-refractivity contribution is -0.143. The summed E-state index contributed by atoms with van der Waals surface area (Å²) in [6.07, 6.45) is -0.466. The van der Waals surface area contributed by atoms with Crippen molar-refractivity contribution in [2.45, 2.75) is 12.5 Å². The average Bonchev–Trinajstić information content (AvgIpc) is 2.36. The molecule has 1 aromatic carbocycles. The number of rotatable bonds is 7. The van der Waals surface area contributed by atoms with Crippen LogP contribution in [0.4, 0.5) is 0 Å². The molecule has 1 atom stereocenters. The number of aliphatic carboxylic acids is 1. The van der Waals surface area contributed by atoms with Gasteiger partial charge in [0.05, 0.1) is 6.42 Å². The van der Waals surface area contributed by atoms with Crippen molar-refractivity contribution in [1.82, 2.24) is 5.32 Å². The number of ether oxygens (including phenoxy) is 1. The predicted octanol–water partition coefficient (Wildman–Crippen LogP) is -0.490. The first kappa shape index (κ1) is 14.5. The Morgan fingerprint density at radius 3 is 2.42 bits per heavy atom. The van der Waals surface area contributed by atoms with Crippen LogP contribution in [0.25, 0.3) is 0 Å². The Labute approximate surface area is 109 Å². The van der Waals surface area contributed by atoms with E-state index in [0.717, 1.165) is 0 Å². The van der Waals surface area contributed by atoms with Gasteiger partial charge in [-0.3, -0.25) is 9.59 Å². The van der Waals surface area contributed by atoms with E-state index in [1.807, 2.05) is 0 Å². The smallest absolute Gasteiger partial charge is 0.326 e. The van der Waals surface area contributed by atoms with Crippen LogP contribution >= 0.6 is 0 Å². The molecule has 1 aromatic rings. The van der Waals surface area contributed by atoms with E-state index in [-0.39, 0.29) is 6.61 Å². The second-order valence-electron chi connectivity index (χ2n) is 3.73. The lowest BCUT2D eigenvalue weighted by Gasteiger charge is -2.13. The van der Waals surface area contributed by atoms with E-state index in [2.05, 4.69) is 5.32 Å².